The third-order valence-corrected chi connectivity index (χ3v) is 5.38. The number of amides is 2. The maximum Gasteiger partial charge on any atom is 0.622 e. The summed E-state index contributed by atoms with van der Waals surface area (Å²) in [6.07, 6.45) is 4.69. The minimum absolute atomic E-state index is 0.0640. The number of hydrogen-bond donors (Lipinski definition) is 2. The van der Waals surface area contributed by atoms with Gasteiger partial charge in [-0.15, -0.1) is 0 Å². The van der Waals surface area contributed by atoms with Gasteiger partial charge in [0.2, 0.25) is 5.91 Å². The number of nitrogens with one attached hydrogen (secondary N) is 2. The van der Waals surface area contributed by atoms with Crippen molar-refractivity contribution in [2.75, 3.05) is 20.1 Å². The summed E-state index contributed by atoms with van der Waals surface area (Å²) in [5, 5.41) is 5.55. The first kappa shape index (κ1) is 26.8. The van der Waals surface area contributed by atoms with Crippen molar-refractivity contribution >= 4 is 30.9 Å². The van der Waals surface area contributed by atoms with Crippen LogP contribution in [0, 0.1) is 5.92 Å². The van der Waals surface area contributed by atoms with Crippen molar-refractivity contribution in [1.82, 2.24) is 25.5 Å². The number of rotatable bonds is 9. The normalized spacial score (nSPS) is 16.3. The zero-order valence-electron chi connectivity index (χ0n) is 20.5. The number of benzene rings is 1. The van der Waals surface area contributed by atoms with Gasteiger partial charge in [0.1, 0.15) is 11.7 Å². The lowest BCUT2D eigenvalue weighted by molar-refractivity contribution is -0.146. The van der Waals surface area contributed by atoms with Crippen molar-refractivity contribution < 1.29 is 28.5 Å². The number of carbonyl (C=O) groups is 4. The summed E-state index contributed by atoms with van der Waals surface area (Å²) in [4.78, 5) is 60.2. The quantitative estimate of drug-likeness (QED) is 0.474. The van der Waals surface area contributed by atoms with Crippen molar-refractivity contribution in [1.29, 1.82) is 0 Å². The van der Waals surface area contributed by atoms with Crippen molar-refractivity contribution in [3.8, 4) is 0 Å². The zero-order valence-corrected chi connectivity index (χ0v) is 20.5. The summed E-state index contributed by atoms with van der Waals surface area (Å²) < 4.78 is 10.8. The van der Waals surface area contributed by atoms with Gasteiger partial charge in [0.25, 0.3) is 5.91 Å². The molecule has 2 aromatic rings. The Morgan fingerprint density at radius 2 is 1.72 bits per heavy atom. The van der Waals surface area contributed by atoms with E-state index in [1.807, 2.05) is 44.2 Å². The van der Waals surface area contributed by atoms with Crippen LogP contribution in [-0.4, -0.2) is 77.9 Å². The van der Waals surface area contributed by atoms with Crippen LogP contribution in [0.15, 0.2) is 48.9 Å². The lowest BCUT2D eigenvalue weighted by atomic mass is 9.73. The molecule has 0 bridgehead atoms. The minimum atomic E-state index is -1.29. The van der Waals surface area contributed by atoms with Gasteiger partial charge in [-0.05, 0) is 24.9 Å². The Morgan fingerprint density at radius 1 is 1.06 bits per heavy atom. The maximum atomic E-state index is 13.5. The number of likely N-dealkylation sites (N-methyl/N-ethyl adjacent to an activating group) is 1. The fourth-order valence-corrected chi connectivity index (χ4v) is 3.76. The van der Waals surface area contributed by atoms with Gasteiger partial charge in [-0.3, -0.25) is 29.1 Å². The van der Waals surface area contributed by atoms with Crippen molar-refractivity contribution in [3.63, 3.8) is 0 Å². The average Bonchev–Trinajstić information content (AvgIpc) is 2.82. The molecule has 1 fully saturated rings. The molecular formula is C24H30BN5O6. The summed E-state index contributed by atoms with van der Waals surface area (Å²) in [6, 6.07) is 8.22. The molecule has 3 rings (SSSR count). The van der Waals surface area contributed by atoms with E-state index in [1.165, 1.54) is 23.5 Å². The van der Waals surface area contributed by atoms with Crippen LogP contribution in [-0.2, 0) is 30.1 Å². The molecule has 11 nitrogen and oxygen atoms in total. The molecule has 1 aromatic heterocycles. The Hall–Kier alpha value is -3.80. The fourth-order valence-electron chi connectivity index (χ4n) is 3.76. The molecule has 2 N–H and O–H groups in total. The molecule has 1 saturated heterocycles. The molecule has 2 amide bonds. The van der Waals surface area contributed by atoms with Crippen molar-refractivity contribution in [3.05, 3.63) is 60.2 Å². The van der Waals surface area contributed by atoms with Crippen molar-refractivity contribution in [2.45, 2.75) is 38.7 Å². The second-order valence-electron chi connectivity index (χ2n) is 9.07. The summed E-state index contributed by atoms with van der Waals surface area (Å²) in [5.41, 5.74) is 0.887. The highest BCUT2D eigenvalue weighted by atomic mass is 16.6. The predicted molar refractivity (Wildman–Crippen MR) is 130 cm³/mol. The van der Waals surface area contributed by atoms with Crippen LogP contribution < -0.4 is 10.6 Å². The predicted octanol–water partition coefficient (Wildman–Crippen LogP) is 0.408. The SMILES string of the molecule is CC(C)CC(NC(=O)C(Cc1ccccc1)NC(=O)c1cnccn1)B1OC(=O)CN(C)CC(=O)O1. The van der Waals surface area contributed by atoms with E-state index in [4.69, 9.17) is 9.31 Å². The van der Waals surface area contributed by atoms with E-state index in [2.05, 4.69) is 20.6 Å². The molecule has 190 valence electrons. The Bertz CT molecular complexity index is 1040. The van der Waals surface area contributed by atoms with Crippen LogP contribution in [0.4, 0.5) is 0 Å². The highest BCUT2D eigenvalue weighted by molar-refractivity contribution is 6.51. The van der Waals surface area contributed by atoms with E-state index in [0.717, 1.165) is 5.56 Å². The molecule has 2 unspecified atom stereocenters. The minimum Gasteiger partial charge on any atom is -0.497 e. The van der Waals surface area contributed by atoms with E-state index in [0.29, 0.717) is 6.42 Å². The molecule has 2 heterocycles. The molecule has 0 spiro atoms. The number of carbonyl (C=O) groups excluding carboxylic acids is 4. The van der Waals surface area contributed by atoms with Gasteiger partial charge in [-0.1, -0.05) is 44.2 Å². The molecule has 2 atom stereocenters. The van der Waals surface area contributed by atoms with Gasteiger partial charge in [-0.2, -0.15) is 0 Å². The van der Waals surface area contributed by atoms with Crippen molar-refractivity contribution in [2.24, 2.45) is 5.92 Å². The van der Waals surface area contributed by atoms with E-state index >= 15 is 0 Å². The zero-order chi connectivity index (χ0) is 26.1. The molecule has 1 aliphatic rings. The van der Waals surface area contributed by atoms with Crippen LogP contribution in [0.5, 0.6) is 0 Å². The monoisotopic (exact) mass is 495 g/mol. The average molecular weight is 495 g/mol. The summed E-state index contributed by atoms with van der Waals surface area (Å²) >= 11 is 0. The van der Waals surface area contributed by atoms with E-state index in [9.17, 15) is 19.2 Å². The van der Waals surface area contributed by atoms with Gasteiger partial charge in [0, 0.05) is 18.8 Å². The Balaban J connectivity index is 1.81. The fraction of sp³-hybridized carbons (Fsp3) is 0.417. The third kappa shape index (κ3) is 8.16. The van der Waals surface area contributed by atoms with Gasteiger partial charge in [0.05, 0.1) is 25.2 Å². The number of hydrogen-bond acceptors (Lipinski definition) is 9. The maximum absolute atomic E-state index is 13.5. The van der Waals surface area contributed by atoms with Crippen LogP contribution in [0.1, 0.15) is 36.3 Å². The highest BCUT2D eigenvalue weighted by Crippen LogP contribution is 2.13. The lowest BCUT2D eigenvalue weighted by Crippen LogP contribution is -2.58. The molecule has 1 aromatic carbocycles. The van der Waals surface area contributed by atoms with Crippen LogP contribution in [0.3, 0.4) is 0 Å². The van der Waals surface area contributed by atoms with E-state index in [-0.39, 0.29) is 31.1 Å². The Kier molecular flexibility index (Phi) is 9.51. The van der Waals surface area contributed by atoms with Gasteiger partial charge < -0.3 is 19.9 Å². The first-order valence-corrected chi connectivity index (χ1v) is 11.7. The first-order chi connectivity index (χ1) is 17.2. The third-order valence-electron chi connectivity index (χ3n) is 5.38. The Labute approximate surface area is 210 Å². The molecule has 1 aliphatic heterocycles. The highest BCUT2D eigenvalue weighted by Gasteiger charge is 2.41. The molecular weight excluding hydrogens is 465 g/mol. The molecule has 36 heavy (non-hydrogen) atoms. The topological polar surface area (TPSA) is 140 Å². The summed E-state index contributed by atoms with van der Waals surface area (Å²) in [7, 11) is 0.308. The molecule has 0 saturated carbocycles. The molecule has 0 radical (unpaired) electrons. The Morgan fingerprint density at radius 3 is 2.31 bits per heavy atom. The van der Waals surface area contributed by atoms with Gasteiger partial charge >= 0.3 is 19.1 Å². The second kappa shape index (κ2) is 12.8. The standard InChI is InChI=1S/C24H30BN5O6/c1-16(2)11-20(25-35-21(31)14-30(3)15-22(32)36-25)29-23(33)18(12-17-7-5-4-6-8-17)28-24(34)19-13-26-9-10-27-19/h4-10,13,16,18,20H,11-12,14-15H2,1-3H3,(H,28,34)(H,29,33). The van der Waals surface area contributed by atoms with Gasteiger partial charge in [-0.25, -0.2) is 4.98 Å². The largest absolute Gasteiger partial charge is 0.622 e. The number of nitrogens with zero attached hydrogens (tertiary/aromatic N) is 3. The first-order valence-electron chi connectivity index (χ1n) is 11.7. The van der Waals surface area contributed by atoms with Gasteiger partial charge in [0.15, 0.2) is 0 Å². The van der Waals surface area contributed by atoms with Crippen LogP contribution in [0.25, 0.3) is 0 Å². The number of aromatic nitrogens is 2. The smallest absolute Gasteiger partial charge is 0.497 e. The van der Waals surface area contributed by atoms with Crippen LogP contribution in [0.2, 0.25) is 0 Å². The van der Waals surface area contributed by atoms with E-state index in [1.54, 1.807) is 7.05 Å². The molecule has 0 aliphatic carbocycles. The van der Waals surface area contributed by atoms with E-state index < -0.39 is 42.9 Å². The second-order valence-corrected chi connectivity index (χ2v) is 9.07. The summed E-state index contributed by atoms with van der Waals surface area (Å²) in [6.45, 7) is 3.69. The summed E-state index contributed by atoms with van der Waals surface area (Å²) in [5.74, 6) is -2.98. The lowest BCUT2D eigenvalue weighted by Gasteiger charge is -2.29. The molecule has 12 heteroatoms. The van der Waals surface area contributed by atoms with Crippen LogP contribution >= 0.6 is 0 Å².